The monoisotopic (exact) mass is 445 g/mol. The molecule has 0 radical (unpaired) electrons. The molecule has 33 heavy (non-hydrogen) atoms. The molecule has 4 aromatic rings. The van der Waals surface area contributed by atoms with E-state index in [1.807, 2.05) is 6.07 Å². The summed E-state index contributed by atoms with van der Waals surface area (Å²) >= 11 is 0. The van der Waals surface area contributed by atoms with Crippen LogP contribution in [0.5, 0.6) is 5.75 Å². The van der Waals surface area contributed by atoms with Crippen LogP contribution in [0.2, 0.25) is 0 Å². The molecular weight excluding hydrogens is 422 g/mol. The minimum atomic E-state index is -0.552. The fourth-order valence-corrected chi connectivity index (χ4v) is 3.38. The molecule has 4 rings (SSSR count). The van der Waals surface area contributed by atoms with Crippen molar-refractivity contribution in [3.8, 4) is 17.2 Å². The summed E-state index contributed by atoms with van der Waals surface area (Å²) in [7, 11) is 0. The number of nitrogens with zero attached hydrogens (tertiary/aromatic N) is 2. The zero-order chi connectivity index (χ0) is 23.4. The largest absolute Gasteiger partial charge is 0.477 e. The number of anilines is 1. The number of hydrogen-bond donors (Lipinski definition) is 1. The number of carbonyl (C=O) groups excluding carboxylic acids is 1. The van der Waals surface area contributed by atoms with Crippen LogP contribution in [0.1, 0.15) is 31.7 Å². The van der Waals surface area contributed by atoms with Gasteiger partial charge in [0.25, 0.3) is 5.91 Å². The van der Waals surface area contributed by atoms with Gasteiger partial charge in [0, 0.05) is 17.3 Å². The Balaban J connectivity index is 1.41. The first-order chi connectivity index (χ1) is 15.9. The molecule has 0 saturated heterocycles. The second kappa shape index (κ2) is 9.52. The molecule has 1 aromatic heterocycles. The van der Waals surface area contributed by atoms with E-state index < -0.39 is 10.8 Å². The first-order valence-corrected chi connectivity index (χ1v) is 10.6. The minimum Gasteiger partial charge on any atom is -0.477 e. The summed E-state index contributed by atoms with van der Waals surface area (Å²) in [6.45, 7) is 3.98. The van der Waals surface area contributed by atoms with Crippen LogP contribution in [0.15, 0.2) is 71.1 Å². The zero-order valence-corrected chi connectivity index (χ0v) is 18.3. The van der Waals surface area contributed by atoms with Crippen molar-refractivity contribution in [2.24, 2.45) is 0 Å². The first kappa shape index (κ1) is 22.0. The van der Waals surface area contributed by atoms with Crippen LogP contribution in [-0.2, 0) is 4.79 Å². The Morgan fingerprint density at radius 2 is 1.91 bits per heavy atom. The van der Waals surface area contributed by atoms with E-state index in [1.165, 1.54) is 23.8 Å². The smallest absolute Gasteiger partial charge is 0.310 e. The maximum Gasteiger partial charge on any atom is 0.310 e. The number of para-hydroxylation sites is 2. The SMILES string of the molecule is CCC(C)c1ccc2oc(-c3ccc(NC(=O)COc4ccccc4[N+](=O)[O-])cc3)nc2c1. The van der Waals surface area contributed by atoms with E-state index in [1.54, 1.807) is 30.3 Å². The van der Waals surface area contributed by atoms with E-state index in [0.29, 0.717) is 17.5 Å². The van der Waals surface area contributed by atoms with Gasteiger partial charge in [-0.1, -0.05) is 32.0 Å². The number of aromatic nitrogens is 1. The predicted molar refractivity (Wildman–Crippen MR) is 125 cm³/mol. The third kappa shape index (κ3) is 5.01. The van der Waals surface area contributed by atoms with Crippen molar-refractivity contribution in [1.29, 1.82) is 0 Å². The van der Waals surface area contributed by atoms with Crippen LogP contribution in [-0.4, -0.2) is 22.4 Å². The molecule has 1 atom stereocenters. The number of hydrogen-bond acceptors (Lipinski definition) is 6. The van der Waals surface area contributed by atoms with E-state index in [-0.39, 0.29) is 18.0 Å². The van der Waals surface area contributed by atoms with Gasteiger partial charge in [-0.2, -0.15) is 0 Å². The molecule has 8 nitrogen and oxygen atoms in total. The highest BCUT2D eigenvalue weighted by Gasteiger charge is 2.15. The van der Waals surface area contributed by atoms with E-state index in [2.05, 4.69) is 36.3 Å². The van der Waals surface area contributed by atoms with Crippen molar-refractivity contribution in [2.45, 2.75) is 26.2 Å². The van der Waals surface area contributed by atoms with Crippen LogP contribution in [0, 0.1) is 10.1 Å². The molecular formula is C25H23N3O5. The van der Waals surface area contributed by atoms with Gasteiger partial charge in [0.05, 0.1) is 4.92 Å². The highest BCUT2D eigenvalue weighted by Crippen LogP contribution is 2.29. The molecule has 0 aliphatic carbocycles. The Bertz CT molecular complexity index is 1300. The Labute approximate surface area is 190 Å². The third-order valence-corrected chi connectivity index (χ3v) is 5.43. The second-order valence-corrected chi connectivity index (χ2v) is 7.69. The number of rotatable bonds is 8. The molecule has 3 aromatic carbocycles. The first-order valence-electron chi connectivity index (χ1n) is 10.6. The van der Waals surface area contributed by atoms with Gasteiger partial charge in [-0.05, 0) is 60.4 Å². The van der Waals surface area contributed by atoms with Crippen LogP contribution in [0.4, 0.5) is 11.4 Å². The highest BCUT2D eigenvalue weighted by atomic mass is 16.6. The number of fused-ring (bicyclic) bond motifs is 1. The fourth-order valence-electron chi connectivity index (χ4n) is 3.38. The summed E-state index contributed by atoms with van der Waals surface area (Å²) < 4.78 is 11.2. The Morgan fingerprint density at radius 1 is 1.15 bits per heavy atom. The van der Waals surface area contributed by atoms with Crippen LogP contribution in [0.3, 0.4) is 0 Å². The summed E-state index contributed by atoms with van der Waals surface area (Å²) in [5, 5.41) is 13.7. The van der Waals surface area contributed by atoms with Gasteiger partial charge >= 0.3 is 5.69 Å². The quantitative estimate of drug-likeness (QED) is 0.266. The molecule has 8 heteroatoms. The topological polar surface area (TPSA) is 108 Å². The maximum absolute atomic E-state index is 12.2. The molecule has 0 bridgehead atoms. The van der Waals surface area contributed by atoms with Gasteiger partial charge in [-0.3, -0.25) is 14.9 Å². The van der Waals surface area contributed by atoms with Crippen molar-refractivity contribution in [3.05, 3.63) is 82.4 Å². The van der Waals surface area contributed by atoms with Crippen molar-refractivity contribution >= 4 is 28.4 Å². The molecule has 1 heterocycles. The molecule has 0 aliphatic rings. The lowest BCUT2D eigenvalue weighted by Gasteiger charge is -2.08. The van der Waals surface area contributed by atoms with E-state index in [0.717, 1.165) is 23.1 Å². The Kier molecular flexibility index (Phi) is 6.35. The maximum atomic E-state index is 12.2. The number of nitro groups is 1. The lowest BCUT2D eigenvalue weighted by molar-refractivity contribution is -0.385. The van der Waals surface area contributed by atoms with Gasteiger partial charge in [0.2, 0.25) is 5.89 Å². The molecule has 0 fully saturated rings. The van der Waals surface area contributed by atoms with Crippen LogP contribution in [0.25, 0.3) is 22.6 Å². The second-order valence-electron chi connectivity index (χ2n) is 7.69. The van der Waals surface area contributed by atoms with Crippen molar-refractivity contribution < 1.29 is 18.9 Å². The van der Waals surface area contributed by atoms with Crippen molar-refractivity contribution in [3.63, 3.8) is 0 Å². The number of oxazole rings is 1. The molecule has 1 amide bonds. The van der Waals surface area contributed by atoms with Gasteiger partial charge in [0.1, 0.15) is 5.52 Å². The number of nitrogens with one attached hydrogen (secondary N) is 1. The number of amides is 1. The van der Waals surface area contributed by atoms with Gasteiger partial charge < -0.3 is 14.5 Å². The van der Waals surface area contributed by atoms with Gasteiger partial charge in [-0.15, -0.1) is 0 Å². The summed E-state index contributed by atoms with van der Waals surface area (Å²) in [6, 6.07) is 19.1. The lowest BCUT2D eigenvalue weighted by atomic mass is 9.98. The lowest BCUT2D eigenvalue weighted by Crippen LogP contribution is -2.20. The molecule has 168 valence electrons. The van der Waals surface area contributed by atoms with E-state index >= 15 is 0 Å². The normalized spacial score (nSPS) is 11.8. The van der Waals surface area contributed by atoms with Crippen LogP contribution >= 0.6 is 0 Å². The number of benzene rings is 3. The Hall–Kier alpha value is -4.20. The molecule has 1 N–H and O–H groups in total. The molecule has 1 unspecified atom stereocenters. The molecule has 0 aliphatic heterocycles. The average molecular weight is 445 g/mol. The average Bonchev–Trinajstić information content (AvgIpc) is 3.26. The molecule has 0 saturated carbocycles. The summed E-state index contributed by atoms with van der Waals surface area (Å²) in [5.41, 5.74) is 3.92. The van der Waals surface area contributed by atoms with E-state index in [9.17, 15) is 14.9 Å². The Morgan fingerprint density at radius 3 is 2.64 bits per heavy atom. The van der Waals surface area contributed by atoms with Gasteiger partial charge in [-0.25, -0.2) is 4.98 Å². The zero-order valence-electron chi connectivity index (χ0n) is 18.3. The standard InChI is InChI=1S/C25H23N3O5/c1-3-16(2)18-10-13-22-20(14-18)27-25(33-22)17-8-11-19(12-9-17)26-24(29)15-32-23-7-5-4-6-21(23)28(30)31/h4-14,16H,3,15H2,1-2H3,(H,26,29). The van der Waals surface area contributed by atoms with Crippen molar-refractivity contribution in [1.82, 2.24) is 4.98 Å². The molecule has 0 spiro atoms. The predicted octanol–water partition coefficient (Wildman–Crippen LogP) is 5.93. The summed E-state index contributed by atoms with van der Waals surface area (Å²) in [6.07, 6.45) is 1.05. The highest BCUT2D eigenvalue weighted by molar-refractivity contribution is 5.92. The summed E-state index contributed by atoms with van der Waals surface area (Å²) in [5.74, 6) is 0.569. The number of nitro benzene ring substituents is 1. The number of carbonyl (C=O) groups is 1. The fraction of sp³-hybridized carbons (Fsp3) is 0.200. The number of ether oxygens (including phenoxy) is 1. The minimum absolute atomic E-state index is 0.0421. The summed E-state index contributed by atoms with van der Waals surface area (Å²) in [4.78, 5) is 27.3. The van der Waals surface area contributed by atoms with Crippen LogP contribution < -0.4 is 10.1 Å². The van der Waals surface area contributed by atoms with E-state index in [4.69, 9.17) is 9.15 Å². The third-order valence-electron chi connectivity index (χ3n) is 5.43. The van der Waals surface area contributed by atoms with Crippen molar-refractivity contribution in [2.75, 3.05) is 11.9 Å². The van der Waals surface area contributed by atoms with Gasteiger partial charge in [0.15, 0.2) is 17.9 Å².